The van der Waals surface area contributed by atoms with Gasteiger partial charge in [0.05, 0.1) is 0 Å². The van der Waals surface area contributed by atoms with E-state index in [1.807, 2.05) is 60.7 Å². The molecule has 5 heteroatoms. The van der Waals surface area contributed by atoms with Crippen LogP contribution in [-0.2, 0) is 10.3 Å². The molecule has 2 N–H and O–H groups in total. The Morgan fingerprint density at radius 3 is 2.32 bits per heavy atom. The predicted molar refractivity (Wildman–Crippen MR) is 121 cm³/mol. The summed E-state index contributed by atoms with van der Waals surface area (Å²) in [4.78, 5) is 19.9. The molecule has 156 valence electrons. The van der Waals surface area contributed by atoms with Gasteiger partial charge in [-0.2, -0.15) is 0 Å². The monoisotopic (exact) mass is 410 g/mol. The van der Waals surface area contributed by atoms with Crippen LogP contribution >= 0.6 is 0 Å². The number of aromatic nitrogens is 1. The molecule has 5 rings (SSSR count). The van der Waals surface area contributed by atoms with Crippen molar-refractivity contribution in [1.29, 1.82) is 5.41 Å². The van der Waals surface area contributed by atoms with Gasteiger partial charge in [-0.3, -0.25) is 20.1 Å². The molecule has 1 saturated heterocycles. The molecular weight excluding hydrogens is 384 g/mol. The predicted octanol–water partition coefficient (Wildman–Crippen LogP) is 4.69. The molecular formula is C26H26N4O. The van der Waals surface area contributed by atoms with Crippen molar-refractivity contribution in [3.8, 4) is 11.1 Å². The standard InChI is InChI=1S/C26H26N4O/c27-25-29-26(21-9-3-1-4-10-21,24(31)30(25)23-12-5-2-6-13-23)22-11-7-8-20(18-22)19-14-16-28-17-15-19/h1,3-4,7-11,14-18,23H,2,5-6,12-13H2,(H2,27,29). The number of guanidine groups is 1. The van der Waals surface area contributed by atoms with Crippen LogP contribution in [0.25, 0.3) is 11.1 Å². The van der Waals surface area contributed by atoms with Gasteiger partial charge in [-0.05, 0) is 53.3 Å². The zero-order chi connectivity index (χ0) is 21.3. The molecule has 2 aromatic carbocycles. The van der Waals surface area contributed by atoms with E-state index in [9.17, 15) is 4.79 Å². The first kappa shape index (κ1) is 19.5. The van der Waals surface area contributed by atoms with Gasteiger partial charge in [0.25, 0.3) is 5.91 Å². The fourth-order valence-corrected chi connectivity index (χ4v) is 4.98. The van der Waals surface area contributed by atoms with Crippen LogP contribution in [0.15, 0.2) is 79.1 Å². The summed E-state index contributed by atoms with van der Waals surface area (Å²) in [6.45, 7) is 0. The second-order valence-electron chi connectivity index (χ2n) is 8.37. The lowest BCUT2D eigenvalue weighted by molar-refractivity contribution is -0.131. The lowest BCUT2D eigenvalue weighted by atomic mass is 9.81. The van der Waals surface area contributed by atoms with Gasteiger partial charge in [-0.15, -0.1) is 0 Å². The van der Waals surface area contributed by atoms with E-state index in [2.05, 4.69) is 16.4 Å². The maximum atomic E-state index is 14.1. The number of rotatable bonds is 4. The first-order valence-corrected chi connectivity index (χ1v) is 11.0. The Bertz CT molecular complexity index is 1090. The zero-order valence-electron chi connectivity index (χ0n) is 17.4. The lowest BCUT2D eigenvalue weighted by Crippen LogP contribution is -2.46. The first-order valence-electron chi connectivity index (χ1n) is 11.0. The van der Waals surface area contributed by atoms with Crippen LogP contribution in [0.1, 0.15) is 43.2 Å². The van der Waals surface area contributed by atoms with Gasteiger partial charge in [0, 0.05) is 18.4 Å². The molecule has 0 bridgehead atoms. The number of benzene rings is 2. The average Bonchev–Trinajstić information content (AvgIpc) is 3.11. The van der Waals surface area contributed by atoms with Crippen molar-refractivity contribution in [3.05, 3.63) is 90.3 Å². The molecule has 3 aromatic rings. The van der Waals surface area contributed by atoms with Crippen molar-refractivity contribution in [3.63, 3.8) is 0 Å². The van der Waals surface area contributed by atoms with Crippen LogP contribution < -0.4 is 5.32 Å². The molecule has 2 aliphatic rings. The summed E-state index contributed by atoms with van der Waals surface area (Å²) in [6, 6.07) is 21.9. The molecule has 1 aliphatic heterocycles. The van der Waals surface area contributed by atoms with E-state index in [1.54, 1.807) is 17.3 Å². The zero-order valence-corrected chi connectivity index (χ0v) is 17.4. The molecule has 2 fully saturated rings. The van der Waals surface area contributed by atoms with Crippen molar-refractivity contribution in [2.45, 2.75) is 43.7 Å². The second-order valence-corrected chi connectivity index (χ2v) is 8.37. The normalized spacial score (nSPS) is 21.9. The second kappa shape index (κ2) is 7.99. The van der Waals surface area contributed by atoms with Crippen molar-refractivity contribution < 1.29 is 4.79 Å². The van der Waals surface area contributed by atoms with Gasteiger partial charge < -0.3 is 5.32 Å². The Labute approximate surface area is 182 Å². The van der Waals surface area contributed by atoms with E-state index in [1.165, 1.54) is 6.42 Å². The molecule has 0 radical (unpaired) electrons. The maximum Gasteiger partial charge on any atom is 0.264 e. The van der Waals surface area contributed by atoms with Gasteiger partial charge in [0.15, 0.2) is 11.5 Å². The fourth-order valence-electron chi connectivity index (χ4n) is 4.98. The van der Waals surface area contributed by atoms with Crippen LogP contribution in [0.2, 0.25) is 0 Å². The highest BCUT2D eigenvalue weighted by Crippen LogP contribution is 2.39. The topological polar surface area (TPSA) is 69.1 Å². The average molecular weight is 411 g/mol. The van der Waals surface area contributed by atoms with E-state index >= 15 is 0 Å². The summed E-state index contributed by atoms with van der Waals surface area (Å²) in [5.74, 6) is 0.151. The number of nitrogens with zero attached hydrogens (tertiary/aromatic N) is 2. The van der Waals surface area contributed by atoms with Crippen molar-refractivity contribution in [1.82, 2.24) is 15.2 Å². The van der Waals surface area contributed by atoms with Gasteiger partial charge in [-0.1, -0.05) is 67.8 Å². The first-order chi connectivity index (χ1) is 15.2. The molecule has 1 aliphatic carbocycles. The van der Waals surface area contributed by atoms with Gasteiger partial charge in [0.2, 0.25) is 0 Å². The Hall–Kier alpha value is -3.47. The summed E-state index contributed by atoms with van der Waals surface area (Å²) in [5, 5.41) is 12.1. The minimum atomic E-state index is -1.10. The molecule has 31 heavy (non-hydrogen) atoms. The highest BCUT2D eigenvalue weighted by molar-refractivity contribution is 6.10. The third-order valence-electron chi connectivity index (χ3n) is 6.54. The molecule has 1 aromatic heterocycles. The summed E-state index contributed by atoms with van der Waals surface area (Å²) in [6.07, 6.45) is 8.88. The number of hydrogen-bond acceptors (Lipinski definition) is 3. The van der Waals surface area contributed by atoms with Gasteiger partial charge in [-0.25, -0.2) is 0 Å². The summed E-state index contributed by atoms with van der Waals surface area (Å²) < 4.78 is 0. The van der Waals surface area contributed by atoms with E-state index in [-0.39, 0.29) is 17.9 Å². The van der Waals surface area contributed by atoms with E-state index in [4.69, 9.17) is 5.41 Å². The molecule has 1 unspecified atom stereocenters. The number of carbonyl (C=O) groups excluding carboxylic acids is 1. The third-order valence-corrected chi connectivity index (χ3v) is 6.54. The molecule has 2 heterocycles. The van der Waals surface area contributed by atoms with Crippen LogP contribution in [-0.4, -0.2) is 27.8 Å². The van der Waals surface area contributed by atoms with Crippen molar-refractivity contribution in [2.24, 2.45) is 0 Å². The largest absolute Gasteiger partial charge is 0.334 e. The number of carbonyl (C=O) groups is 1. The van der Waals surface area contributed by atoms with E-state index in [0.717, 1.165) is 47.9 Å². The fraction of sp³-hybridized carbons (Fsp3) is 0.269. The van der Waals surface area contributed by atoms with Gasteiger partial charge in [0.1, 0.15) is 0 Å². The smallest absolute Gasteiger partial charge is 0.264 e. The summed E-state index contributed by atoms with van der Waals surface area (Å²) >= 11 is 0. The van der Waals surface area contributed by atoms with Crippen molar-refractivity contribution >= 4 is 11.9 Å². The highest BCUT2D eigenvalue weighted by Gasteiger charge is 2.53. The van der Waals surface area contributed by atoms with Crippen LogP contribution in [0.5, 0.6) is 0 Å². The van der Waals surface area contributed by atoms with Crippen LogP contribution in [0, 0.1) is 5.41 Å². The SMILES string of the molecule is N=C1NC(c2ccccc2)(c2cccc(-c3ccncc3)c2)C(=O)N1C1CCCCC1. The number of nitrogens with one attached hydrogen (secondary N) is 2. The Morgan fingerprint density at radius 2 is 1.58 bits per heavy atom. The number of amides is 1. The van der Waals surface area contributed by atoms with E-state index < -0.39 is 5.54 Å². The van der Waals surface area contributed by atoms with E-state index in [0.29, 0.717) is 0 Å². The van der Waals surface area contributed by atoms with Crippen LogP contribution in [0.3, 0.4) is 0 Å². The highest BCUT2D eigenvalue weighted by atomic mass is 16.2. The van der Waals surface area contributed by atoms with Crippen LogP contribution in [0.4, 0.5) is 0 Å². The third kappa shape index (κ3) is 3.30. The minimum absolute atomic E-state index is 0.0533. The Kier molecular flexibility index (Phi) is 5.02. The summed E-state index contributed by atoms with van der Waals surface area (Å²) in [7, 11) is 0. The van der Waals surface area contributed by atoms with Gasteiger partial charge >= 0.3 is 0 Å². The lowest BCUT2D eigenvalue weighted by Gasteiger charge is -2.32. The molecule has 5 nitrogen and oxygen atoms in total. The van der Waals surface area contributed by atoms with Crippen molar-refractivity contribution in [2.75, 3.05) is 0 Å². The molecule has 1 atom stereocenters. The minimum Gasteiger partial charge on any atom is -0.334 e. The maximum absolute atomic E-state index is 14.1. The Morgan fingerprint density at radius 1 is 0.871 bits per heavy atom. The number of hydrogen-bond donors (Lipinski definition) is 2. The summed E-state index contributed by atoms with van der Waals surface area (Å²) in [5.41, 5.74) is 2.67. The Balaban J connectivity index is 1.64. The number of pyridine rings is 1. The molecule has 1 saturated carbocycles. The molecule has 1 amide bonds. The molecule has 0 spiro atoms. The quantitative estimate of drug-likeness (QED) is 0.655.